The number of benzene rings is 2. The van der Waals surface area contributed by atoms with Crippen molar-refractivity contribution in [3.05, 3.63) is 59.4 Å². The second kappa shape index (κ2) is 5.51. The summed E-state index contributed by atoms with van der Waals surface area (Å²) in [6.07, 6.45) is -0.776. The summed E-state index contributed by atoms with van der Waals surface area (Å²) in [7, 11) is 0. The normalized spacial score (nSPS) is 9.89. The molecule has 0 bridgehead atoms. The van der Waals surface area contributed by atoms with Crippen molar-refractivity contribution in [2.45, 2.75) is 0 Å². The summed E-state index contributed by atoms with van der Waals surface area (Å²) in [5.41, 5.74) is -0.0246. The second-order valence-corrected chi connectivity index (χ2v) is 3.84. The Bertz CT molecular complexity index is 560. The molecular weight excluding hydrogens is 257 g/mol. The number of carbonyl (C=O) groups is 1. The SMILES string of the molecule is O=C(Nc1cccc(Cl)c1F)Oc1ccccc1. The fourth-order valence-electron chi connectivity index (χ4n) is 1.33. The second-order valence-electron chi connectivity index (χ2n) is 3.43. The molecule has 1 amide bonds. The Morgan fingerprint density at radius 3 is 2.56 bits per heavy atom. The highest BCUT2D eigenvalue weighted by molar-refractivity contribution is 6.31. The van der Waals surface area contributed by atoms with Crippen LogP contribution in [0.2, 0.25) is 5.02 Å². The third-order valence-electron chi connectivity index (χ3n) is 2.14. The third kappa shape index (κ3) is 2.99. The molecule has 92 valence electrons. The van der Waals surface area contributed by atoms with Gasteiger partial charge in [-0.2, -0.15) is 0 Å². The molecule has 0 fully saturated rings. The lowest BCUT2D eigenvalue weighted by atomic mass is 10.3. The van der Waals surface area contributed by atoms with Crippen LogP contribution in [0.4, 0.5) is 14.9 Å². The first-order valence-electron chi connectivity index (χ1n) is 5.15. The van der Waals surface area contributed by atoms with E-state index in [0.717, 1.165) is 0 Å². The topological polar surface area (TPSA) is 38.3 Å². The van der Waals surface area contributed by atoms with Gasteiger partial charge in [-0.25, -0.2) is 9.18 Å². The smallest absolute Gasteiger partial charge is 0.410 e. The monoisotopic (exact) mass is 265 g/mol. The number of para-hydroxylation sites is 1. The zero-order chi connectivity index (χ0) is 13.0. The number of ether oxygens (including phenoxy) is 1. The summed E-state index contributed by atoms with van der Waals surface area (Å²) < 4.78 is 18.5. The molecule has 5 heteroatoms. The Balaban J connectivity index is 2.06. The maximum atomic E-state index is 13.5. The van der Waals surface area contributed by atoms with Crippen molar-refractivity contribution >= 4 is 23.4 Å². The highest BCUT2D eigenvalue weighted by Gasteiger charge is 2.10. The van der Waals surface area contributed by atoms with Crippen molar-refractivity contribution in [1.82, 2.24) is 0 Å². The number of halogens is 2. The van der Waals surface area contributed by atoms with Crippen molar-refractivity contribution in [2.24, 2.45) is 0 Å². The van der Waals surface area contributed by atoms with Crippen LogP contribution in [0.3, 0.4) is 0 Å². The molecule has 0 atom stereocenters. The number of carbonyl (C=O) groups excluding carboxylic acids is 1. The van der Waals surface area contributed by atoms with Crippen molar-refractivity contribution in [1.29, 1.82) is 0 Å². The molecule has 0 saturated heterocycles. The quantitative estimate of drug-likeness (QED) is 0.888. The lowest BCUT2D eigenvalue weighted by Crippen LogP contribution is -2.17. The first kappa shape index (κ1) is 12.4. The van der Waals surface area contributed by atoms with Crippen molar-refractivity contribution in [3.63, 3.8) is 0 Å². The van der Waals surface area contributed by atoms with Gasteiger partial charge in [-0.15, -0.1) is 0 Å². The van der Waals surface area contributed by atoms with Crippen LogP contribution in [0.5, 0.6) is 5.75 Å². The molecule has 18 heavy (non-hydrogen) atoms. The fraction of sp³-hybridized carbons (Fsp3) is 0. The van der Waals surface area contributed by atoms with Gasteiger partial charge in [-0.3, -0.25) is 5.32 Å². The van der Waals surface area contributed by atoms with Gasteiger partial charge < -0.3 is 4.74 Å². The summed E-state index contributed by atoms with van der Waals surface area (Å²) in [4.78, 5) is 11.5. The van der Waals surface area contributed by atoms with E-state index in [-0.39, 0.29) is 10.7 Å². The molecule has 2 aromatic carbocycles. The molecule has 0 spiro atoms. The Morgan fingerprint density at radius 2 is 1.83 bits per heavy atom. The largest absolute Gasteiger partial charge is 0.417 e. The van der Waals surface area contributed by atoms with Gasteiger partial charge in [0.25, 0.3) is 0 Å². The van der Waals surface area contributed by atoms with Crippen molar-refractivity contribution in [3.8, 4) is 5.75 Å². The van der Waals surface area contributed by atoms with E-state index < -0.39 is 11.9 Å². The average Bonchev–Trinajstić information content (AvgIpc) is 2.36. The maximum Gasteiger partial charge on any atom is 0.417 e. The molecular formula is C13H9ClFNO2. The van der Waals surface area contributed by atoms with Gasteiger partial charge in [0.1, 0.15) is 5.75 Å². The molecule has 0 saturated carbocycles. The first-order valence-corrected chi connectivity index (χ1v) is 5.52. The van der Waals surface area contributed by atoms with Crippen LogP contribution < -0.4 is 10.1 Å². The number of rotatable bonds is 2. The zero-order valence-electron chi connectivity index (χ0n) is 9.19. The Labute approximate surface area is 108 Å². The van der Waals surface area contributed by atoms with Gasteiger partial charge >= 0.3 is 6.09 Å². The van der Waals surface area contributed by atoms with E-state index in [2.05, 4.69) is 5.32 Å². The average molecular weight is 266 g/mol. The van der Waals surface area contributed by atoms with Crippen LogP contribution >= 0.6 is 11.6 Å². The zero-order valence-corrected chi connectivity index (χ0v) is 9.95. The Hall–Kier alpha value is -2.07. The van der Waals surface area contributed by atoms with Crippen molar-refractivity contribution < 1.29 is 13.9 Å². The van der Waals surface area contributed by atoms with E-state index in [4.69, 9.17) is 16.3 Å². The van der Waals surface area contributed by atoms with Gasteiger partial charge in [-0.1, -0.05) is 35.9 Å². The Kier molecular flexibility index (Phi) is 3.79. The van der Waals surface area contributed by atoms with Crippen LogP contribution in [0.25, 0.3) is 0 Å². The number of hydrogen-bond donors (Lipinski definition) is 1. The lowest BCUT2D eigenvalue weighted by molar-refractivity contribution is 0.215. The van der Waals surface area contributed by atoms with E-state index in [1.165, 1.54) is 18.2 Å². The molecule has 0 radical (unpaired) electrons. The lowest BCUT2D eigenvalue weighted by Gasteiger charge is -2.07. The van der Waals surface area contributed by atoms with Gasteiger partial charge in [0.2, 0.25) is 0 Å². The van der Waals surface area contributed by atoms with Gasteiger partial charge in [-0.05, 0) is 24.3 Å². The summed E-state index contributed by atoms with van der Waals surface area (Å²) in [5, 5.41) is 2.22. The highest BCUT2D eigenvalue weighted by Crippen LogP contribution is 2.22. The van der Waals surface area contributed by atoms with E-state index in [1.807, 2.05) is 0 Å². The first-order chi connectivity index (χ1) is 8.66. The summed E-state index contributed by atoms with van der Waals surface area (Å²) >= 11 is 5.59. The highest BCUT2D eigenvalue weighted by atomic mass is 35.5. The van der Waals surface area contributed by atoms with Crippen LogP contribution in [-0.4, -0.2) is 6.09 Å². The van der Waals surface area contributed by atoms with Crippen LogP contribution in [0.1, 0.15) is 0 Å². The fourth-order valence-corrected chi connectivity index (χ4v) is 1.51. The van der Waals surface area contributed by atoms with E-state index in [9.17, 15) is 9.18 Å². The minimum Gasteiger partial charge on any atom is -0.410 e. The van der Waals surface area contributed by atoms with E-state index in [1.54, 1.807) is 30.3 Å². The van der Waals surface area contributed by atoms with Gasteiger partial charge in [0.05, 0.1) is 10.7 Å². The standard InChI is InChI=1S/C13H9ClFNO2/c14-10-7-4-8-11(12(10)15)16-13(17)18-9-5-2-1-3-6-9/h1-8H,(H,16,17). The van der Waals surface area contributed by atoms with Crippen LogP contribution in [0, 0.1) is 5.82 Å². The summed E-state index contributed by atoms with van der Waals surface area (Å²) in [5.74, 6) is -0.318. The molecule has 1 N–H and O–H groups in total. The van der Waals surface area contributed by atoms with Crippen molar-refractivity contribution in [2.75, 3.05) is 5.32 Å². The van der Waals surface area contributed by atoms with Gasteiger partial charge in [0.15, 0.2) is 5.82 Å². The number of amides is 1. The van der Waals surface area contributed by atoms with Crippen LogP contribution in [0.15, 0.2) is 48.5 Å². The number of nitrogens with one attached hydrogen (secondary N) is 1. The summed E-state index contributed by atoms with van der Waals surface area (Å²) in [6, 6.07) is 12.8. The molecule has 0 aliphatic carbocycles. The molecule has 0 aliphatic heterocycles. The molecule has 2 aromatic rings. The minimum atomic E-state index is -0.776. The summed E-state index contributed by atoms with van der Waals surface area (Å²) in [6.45, 7) is 0. The molecule has 0 aromatic heterocycles. The van der Waals surface area contributed by atoms with Crippen LogP contribution in [-0.2, 0) is 0 Å². The predicted molar refractivity (Wildman–Crippen MR) is 67.5 cm³/mol. The van der Waals surface area contributed by atoms with E-state index in [0.29, 0.717) is 5.75 Å². The molecule has 0 aliphatic rings. The van der Waals surface area contributed by atoms with E-state index >= 15 is 0 Å². The maximum absolute atomic E-state index is 13.5. The third-order valence-corrected chi connectivity index (χ3v) is 2.43. The molecule has 0 unspecified atom stereocenters. The molecule has 2 rings (SSSR count). The molecule has 0 heterocycles. The minimum absolute atomic E-state index is 0.0246. The van der Waals surface area contributed by atoms with Gasteiger partial charge in [0, 0.05) is 0 Å². The predicted octanol–water partition coefficient (Wildman–Crippen LogP) is 4.09. The molecule has 3 nitrogen and oxygen atoms in total. The Morgan fingerprint density at radius 1 is 1.11 bits per heavy atom. The number of hydrogen-bond acceptors (Lipinski definition) is 2. The number of anilines is 1.